The Balaban J connectivity index is 2.52. The van der Waals surface area contributed by atoms with Crippen LogP contribution in [0.3, 0.4) is 0 Å². The lowest BCUT2D eigenvalue weighted by Crippen LogP contribution is -2.34. The molecule has 0 aliphatic carbocycles. The summed E-state index contributed by atoms with van der Waals surface area (Å²) >= 11 is 0. The second kappa shape index (κ2) is 6.26. The number of aromatic nitrogens is 2. The van der Waals surface area contributed by atoms with Gasteiger partial charge in [-0.25, -0.2) is 8.78 Å². The van der Waals surface area contributed by atoms with Gasteiger partial charge in [0.2, 0.25) is 0 Å². The molecule has 0 unspecified atom stereocenters. The van der Waals surface area contributed by atoms with Crippen LogP contribution in [0.4, 0.5) is 8.78 Å². The van der Waals surface area contributed by atoms with Crippen molar-refractivity contribution in [3.8, 4) is 0 Å². The fraction of sp³-hybridized carbons (Fsp3) is 0.556. The number of alkyl halides is 2. The average molecular weight is 249 g/mol. The van der Waals surface area contributed by atoms with Crippen molar-refractivity contribution < 1.29 is 23.0 Å². The molecule has 1 rings (SSSR count). The highest BCUT2D eigenvalue weighted by molar-refractivity contribution is 5.92. The maximum absolute atomic E-state index is 12.2. The van der Waals surface area contributed by atoms with E-state index in [4.69, 9.17) is 9.47 Å². The van der Waals surface area contributed by atoms with Crippen molar-refractivity contribution in [1.29, 1.82) is 0 Å². The number of amides is 1. The molecule has 1 aromatic heterocycles. The third-order valence-electron chi connectivity index (χ3n) is 2.02. The van der Waals surface area contributed by atoms with Crippen molar-refractivity contribution in [2.24, 2.45) is 0 Å². The van der Waals surface area contributed by atoms with Gasteiger partial charge < -0.3 is 14.8 Å². The van der Waals surface area contributed by atoms with Crippen molar-refractivity contribution >= 4 is 5.91 Å². The van der Waals surface area contributed by atoms with Crippen LogP contribution in [0.2, 0.25) is 0 Å². The molecular formula is C9H13F2N3O3. The zero-order valence-corrected chi connectivity index (χ0v) is 9.37. The predicted molar refractivity (Wildman–Crippen MR) is 53.7 cm³/mol. The Morgan fingerprint density at radius 2 is 2.18 bits per heavy atom. The lowest BCUT2D eigenvalue weighted by molar-refractivity contribution is -0.0974. The van der Waals surface area contributed by atoms with Crippen molar-refractivity contribution in [2.75, 3.05) is 20.8 Å². The zero-order valence-electron chi connectivity index (χ0n) is 9.37. The monoisotopic (exact) mass is 249 g/mol. The number of nitrogens with one attached hydrogen (secondary N) is 2. The highest BCUT2D eigenvalue weighted by atomic mass is 19.3. The molecule has 1 aromatic rings. The van der Waals surface area contributed by atoms with E-state index >= 15 is 0 Å². The third-order valence-corrected chi connectivity index (χ3v) is 2.02. The predicted octanol–water partition coefficient (Wildman–Crippen LogP) is 0.696. The molecule has 6 nitrogen and oxygen atoms in total. The minimum Gasteiger partial charge on any atom is -0.354 e. The minimum absolute atomic E-state index is 0.0999. The number of ether oxygens (including phenoxy) is 2. The number of hydrogen-bond donors (Lipinski definition) is 2. The molecule has 0 aromatic carbocycles. The number of carbonyl (C=O) groups is 1. The molecule has 0 saturated heterocycles. The van der Waals surface area contributed by atoms with E-state index in [9.17, 15) is 13.6 Å². The van der Waals surface area contributed by atoms with E-state index in [1.54, 1.807) is 0 Å². The smallest absolute Gasteiger partial charge is 0.279 e. The van der Waals surface area contributed by atoms with E-state index in [0.717, 1.165) is 6.07 Å². The van der Waals surface area contributed by atoms with Crippen molar-refractivity contribution in [1.82, 2.24) is 15.5 Å². The second-order valence-corrected chi connectivity index (χ2v) is 3.12. The number of nitrogens with zero attached hydrogens (tertiary/aromatic N) is 1. The first-order valence-corrected chi connectivity index (χ1v) is 4.75. The van der Waals surface area contributed by atoms with Gasteiger partial charge in [0, 0.05) is 14.2 Å². The van der Waals surface area contributed by atoms with Crippen LogP contribution >= 0.6 is 0 Å². The fourth-order valence-electron chi connectivity index (χ4n) is 1.09. The van der Waals surface area contributed by atoms with Crippen LogP contribution in [-0.4, -0.2) is 43.2 Å². The molecule has 0 radical (unpaired) electrons. The number of rotatable bonds is 6. The quantitative estimate of drug-likeness (QED) is 0.727. The number of hydrogen-bond acceptors (Lipinski definition) is 4. The highest BCUT2D eigenvalue weighted by Gasteiger charge is 2.16. The summed E-state index contributed by atoms with van der Waals surface area (Å²) in [6, 6.07) is 0.995. The van der Waals surface area contributed by atoms with Crippen LogP contribution in [0.5, 0.6) is 0 Å². The largest absolute Gasteiger partial charge is 0.354 e. The standard InChI is InChI=1S/C9H13F2N3O3/c1-16-7(17-2)4-12-9(15)6-3-5(8(10)11)13-14-6/h3,7-8H,4H2,1-2H3,(H,12,15)(H,13,14). The van der Waals surface area contributed by atoms with Crippen LogP contribution < -0.4 is 5.32 Å². The fourth-order valence-corrected chi connectivity index (χ4v) is 1.09. The molecule has 0 bridgehead atoms. The van der Waals surface area contributed by atoms with Gasteiger partial charge in [-0.1, -0.05) is 0 Å². The molecule has 1 heterocycles. The Kier molecular flexibility index (Phi) is 4.98. The molecule has 96 valence electrons. The van der Waals surface area contributed by atoms with E-state index in [2.05, 4.69) is 15.5 Å². The van der Waals surface area contributed by atoms with E-state index in [1.165, 1.54) is 14.2 Å². The molecule has 0 fully saturated rings. The lowest BCUT2D eigenvalue weighted by atomic mass is 10.3. The average Bonchev–Trinajstić information content (AvgIpc) is 2.79. The van der Waals surface area contributed by atoms with Crippen LogP contribution in [0.1, 0.15) is 22.6 Å². The van der Waals surface area contributed by atoms with Crippen LogP contribution in [0.25, 0.3) is 0 Å². The molecule has 1 amide bonds. The number of halogens is 2. The van der Waals surface area contributed by atoms with E-state index in [1.807, 2.05) is 0 Å². The number of aromatic amines is 1. The van der Waals surface area contributed by atoms with Gasteiger partial charge in [-0.15, -0.1) is 0 Å². The maximum Gasteiger partial charge on any atom is 0.279 e. The van der Waals surface area contributed by atoms with Crippen molar-refractivity contribution in [2.45, 2.75) is 12.7 Å². The molecule has 0 atom stereocenters. The molecular weight excluding hydrogens is 236 g/mol. The van der Waals surface area contributed by atoms with Gasteiger partial charge in [-0.05, 0) is 6.07 Å². The number of H-pyrrole nitrogens is 1. The van der Waals surface area contributed by atoms with E-state index in [-0.39, 0.29) is 12.2 Å². The normalized spacial score (nSPS) is 11.2. The second-order valence-electron chi connectivity index (χ2n) is 3.12. The van der Waals surface area contributed by atoms with Gasteiger partial charge in [-0.2, -0.15) is 5.10 Å². The molecule has 17 heavy (non-hydrogen) atoms. The first-order valence-electron chi connectivity index (χ1n) is 4.75. The minimum atomic E-state index is -2.69. The van der Waals surface area contributed by atoms with E-state index < -0.39 is 24.3 Å². The topological polar surface area (TPSA) is 76.2 Å². The summed E-state index contributed by atoms with van der Waals surface area (Å²) in [5, 5.41) is 7.98. The summed E-state index contributed by atoms with van der Waals surface area (Å²) < 4.78 is 34.1. The van der Waals surface area contributed by atoms with Crippen molar-refractivity contribution in [3.63, 3.8) is 0 Å². The van der Waals surface area contributed by atoms with Crippen LogP contribution in [-0.2, 0) is 9.47 Å². The van der Waals surface area contributed by atoms with Crippen LogP contribution in [0.15, 0.2) is 6.07 Å². The summed E-state index contributed by atoms with van der Waals surface area (Å²) in [5.74, 6) is -0.577. The first-order chi connectivity index (χ1) is 8.08. The molecule has 0 aliphatic rings. The zero-order chi connectivity index (χ0) is 12.8. The SMILES string of the molecule is COC(CNC(=O)c1cc(C(F)F)[nH]n1)OC. The molecule has 0 aliphatic heterocycles. The lowest BCUT2D eigenvalue weighted by Gasteiger charge is -2.13. The molecule has 0 spiro atoms. The summed E-state index contributed by atoms with van der Waals surface area (Å²) in [7, 11) is 2.84. The van der Waals surface area contributed by atoms with Gasteiger partial charge in [0.25, 0.3) is 12.3 Å². The van der Waals surface area contributed by atoms with Gasteiger partial charge in [0.1, 0.15) is 11.4 Å². The Bertz CT molecular complexity index is 366. The summed E-state index contributed by atoms with van der Waals surface area (Å²) in [4.78, 5) is 11.5. The Labute approximate surface area is 96.3 Å². The Hall–Kier alpha value is -1.54. The van der Waals surface area contributed by atoms with Gasteiger partial charge in [0.15, 0.2) is 6.29 Å². The number of carbonyl (C=O) groups excluding carboxylic acids is 1. The first kappa shape index (κ1) is 13.5. The Morgan fingerprint density at radius 3 is 2.65 bits per heavy atom. The number of methoxy groups -OCH3 is 2. The summed E-state index contributed by atoms with van der Waals surface area (Å²) in [5.41, 5.74) is -0.503. The van der Waals surface area contributed by atoms with E-state index in [0.29, 0.717) is 0 Å². The highest BCUT2D eigenvalue weighted by Crippen LogP contribution is 2.16. The third kappa shape index (κ3) is 3.75. The van der Waals surface area contributed by atoms with Crippen molar-refractivity contribution in [3.05, 3.63) is 17.5 Å². The Morgan fingerprint density at radius 1 is 1.53 bits per heavy atom. The molecule has 2 N–H and O–H groups in total. The van der Waals surface area contributed by atoms with Gasteiger partial charge in [-0.3, -0.25) is 9.89 Å². The molecule has 8 heteroatoms. The summed E-state index contributed by atoms with van der Waals surface area (Å²) in [6.45, 7) is 0.0999. The maximum atomic E-state index is 12.2. The summed E-state index contributed by atoms with van der Waals surface area (Å²) in [6.07, 6.45) is -3.28. The van der Waals surface area contributed by atoms with Crippen LogP contribution in [0, 0.1) is 0 Å². The molecule has 0 saturated carbocycles. The van der Waals surface area contributed by atoms with Gasteiger partial charge in [0.05, 0.1) is 6.54 Å². The van der Waals surface area contributed by atoms with Gasteiger partial charge >= 0.3 is 0 Å².